The van der Waals surface area contributed by atoms with Gasteiger partial charge in [-0.25, -0.2) is 0 Å². The number of hydrogen-bond acceptors (Lipinski definition) is 3. The molecule has 77 heavy (non-hydrogen) atoms. The zero-order valence-corrected chi connectivity index (χ0v) is 41.6. The van der Waals surface area contributed by atoms with Gasteiger partial charge < -0.3 is 22.9 Å². The molecule has 0 amide bonds. The highest BCUT2D eigenvalue weighted by Gasteiger charge is 2.24. The zero-order chi connectivity index (χ0) is 50.6. The van der Waals surface area contributed by atoms with Crippen molar-refractivity contribution in [2.45, 2.75) is 0 Å². The molecule has 0 saturated heterocycles. The molecule has 4 aromatic heterocycles. The Morgan fingerprint density at radius 2 is 0.623 bits per heavy atom. The number of rotatable bonds is 8. The van der Waals surface area contributed by atoms with E-state index in [2.05, 4.69) is 263 Å². The Hall–Kier alpha value is -10.4. The number of para-hydroxylation sites is 8. The molecule has 0 N–H and O–H groups in total. The quantitative estimate of drug-likeness (QED) is 0.152. The lowest BCUT2D eigenvalue weighted by Gasteiger charge is -2.26. The molecule has 4 heterocycles. The van der Waals surface area contributed by atoms with E-state index in [0.29, 0.717) is 0 Å². The van der Waals surface area contributed by atoms with Crippen LogP contribution in [0.4, 0.5) is 17.1 Å². The highest BCUT2D eigenvalue weighted by molar-refractivity contribution is 6.15. The fourth-order valence-corrected chi connectivity index (χ4v) is 12.2. The summed E-state index contributed by atoms with van der Waals surface area (Å²) in [5.41, 5.74) is 20.0. The first-order valence-corrected chi connectivity index (χ1v) is 26.2. The second-order valence-electron chi connectivity index (χ2n) is 20.0. The van der Waals surface area contributed by atoms with Crippen LogP contribution in [0, 0.1) is 0 Å². The minimum atomic E-state index is 0.816. The summed E-state index contributed by atoms with van der Waals surface area (Å²) in [7, 11) is 0. The third-order valence-corrected chi connectivity index (χ3v) is 15.7. The fraction of sp³-hybridized carbons (Fsp3) is 0. The standard InChI is InChI=1S/C72H45N3O2/c1-3-17-52(18-4-1)73-63-27-11-7-21-55(63)61-44-47(35-39-65(61)73)50-41-49(42-51(43-50)48-36-40-66-62(45-48)56-22-8-12-28-64(56)74(66)53-19-5-2-6-20-53)46-33-37-54(38-34-46)75(67-29-15-25-59-57-23-9-13-31-69(57)76-71(59)67)68-30-16-26-60-58-24-10-14-32-70(58)77-72(60)68/h1-45H. The summed E-state index contributed by atoms with van der Waals surface area (Å²) >= 11 is 0. The predicted octanol–water partition coefficient (Wildman–Crippen LogP) is 20.2. The van der Waals surface area contributed by atoms with Crippen LogP contribution in [0.5, 0.6) is 0 Å². The molecule has 0 saturated carbocycles. The Morgan fingerprint density at radius 1 is 0.247 bits per heavy atom. The minimum Gasteiger partial charge on any atom is -0.454 e. The number of furan rings is 2. The monoisotopic (exact) mass is 983 g/mol. The number of anilines is 3. The lowest BCUT2D eigenvalue weighted by Crippen LogP contribution is -2.10. The van der Waals surface area contributed by atoms with Crippen LogP contribution in [-0.4, -0.2) is 9.13 Å². The molecule has 0 unspecified atom stereocenters. The van der Waals surface area contributed by atoms with Crippen molar-refractivity contribution in [1.82, 2.24) is 9.13 Å². The highest BCUT2D eigenvalue weighted by atomic mass is 16.3. The van der Waals surface area contributed by atoms with E-state index in [4.69, 9.17) is 8.83 Å². The Morgan fingerprint density at radius 3 is 1.10 bits per heavy atom. The normalized spacial score (nSPS) is 11.9. The van der Waals surface area contributed by atoms with Crippen molar-refractivity contribution in [2.24, 2.45) is 0 Å². The van der Waals surface area contributed by atoms with Crippen LogP contribution >= 0.6 is 0 Å². The van der Waals surface area contributed by atoms with Gasteiger partial charge in [-0.1, -0.05) is 158 Å². The predicted molar refractivity (Wildman–Crippen MR) is 321 cm³/mol. The van der Waals surface area contributed by atoms with Crippen molar-refractivity contribution < 1.29 is 8.83 Å². The first kappa shape index (κ1) is 43.1. The van der Waals surface area contributed by atoms with Gasteiger partial charge in [0.05, 0.1) is 33.4 Å². The molecule has 0 spiro atoms. The number of nitrogens with zero attached hydrogens (tertiary/aromatic N) is 3. The Bertz CT molecular complexity index is 4690. The van der Waals surface area contributed by atoms with Crippen molar-refractivity contribution >= 4 is 105 Å². The summed E-state index contributed by atoms with van der Waals surface area (Å²) in [6.07, 6.45) is 0. The maximum Gasteiger partial charge on any atom is 0.159 e. The topological polar surface area (TPSA) is 39.4 Å². The maximum atomic E-state index is 6.76. The van der Waals surface area contributed by atoms with Crippen LogP contribution in [-0.2, 0) is 0 Å². The zero-order valence-electron chi connectivity index (χ0n) is 41.6. The summed E-state index contributed by atoms with van der Waals surface area (Å²) in [5, 5.41) is 9.17. The summed E-state index contributed by atoms with van der Waals surface area (Å²) in [5.74, 6) is 0. The number of aromatic nitrogens is 2. The van der Waals surface area contributed by atoms with Gasteiger partial charge in [0.1, 0.15) is 11.2 Å². The van der Waals surface area contributed by atoms with E-state index in [-0.39, 0.29) is 0 Å². The van der Waals surface area contributed by atoms with Crippen LogP contribution in [0.25, 0.3) is 132 Å². The van der Waals surface area contributed by atoms with Crippen LogP contribution in [0.15, 0.2) is 282 Å². The molecule has 5 nitrogen and oxygen atoms in total. The van der Waals surface area contributed by atoms with Crippen LogP contribution < -0.4 is 4.90 Å². The molecule has 16 rings (SSSR count). The van der Waals surface area contributed by atoms with Crippen molar-refractivity contribution in [3.8, 4) is 44.8 Å². The van der Waals surface area contributed by atoms with Crippen LogP contribution in [0.3, 0.4) is 0 Å². The summed E-state index contributed by atoms with van der Waals surface area (Å²) in [4.78, 5) is 2.29. The van der Waals surface area contributed by atoms with Gasteiger partial charge in [0, 0.05) is 60.2 Å². The van der Waals surface area contributed by atoms with Gasteiger partial charge in [-0.2, -0.15) is 0 Å². The van der Waals surface area contributed by atoms with E-state index < -0.39 is 0 Å². The van der Waals surface area contributed by atoms with Gasteiger partial charge in [-0.15, -0.1) is 0 Å². The smallest absolute Gasteiger partial charge is 0.159 e. The molecule has 0 radical (unpaired) electrons. The van der Waals surface area contributed by atoms with Crippen molar-refractivity contribution in [3.05, 3.63) is 273 Å². The van der Waals surface area contributed by atoms with E-state index in [1.54, 1.807) is 0 Å². The average Bonchev–Trinajstić information content (AvgIpc) is 4.31. The maximum absolute atomic E-state index is 6.76. The first-order chi connectivity index (χ1) is 38.2. The second-order valence-corrected chi connectivity index (χ2v) is 20.0. The SMILES string of the molecule is c1ccc(-n2c3ccccc3c3cc(-c4cc(-c5ccc(N(c6cccc7c6oc6ccccc67)c6cccc7c6oc6ccccc67)cc5)cc(-c5ccc6c(c5)c5ccccc5n6-c5ccccc5)c4)ccc32)cc1. The Labute approximate surface area is 442 Å². The number of fused-ring (bicyclic) bond motifs is 12. The van der Waals surface area contributed by atoms with E-state index >= 15 is 0 Å². The van der Waals surface area contributed by atoms with Crippen molar-refractivity contribution in [3.63, 3.8) is 0 Å². The van der Waals surface area contributed by atoms with E-state index in [1.807, 2.05) is 24.3 Å². The highest BCUT2D eigenvalue weighted by Crippen LogP contribution is 2.47. The van der Waals surface area contributed by atoms with E-state index in [1.165, 1.54) is 43.6 Å². The molecule has 0 aliphatic heterocycles. The Kier molecular flexibility index (Phi) is 9.57. The first-order valence-electron chi connectivity index (χ1n) is 26.2. The summed E-state index contributed by atoms with van der Waals surface area (Å²) in [6.45, 7) is 0. The molecule has 0 atom stereocenters. The van der Waals surface area contributed by atoms with Gasteiger partial charge in [0.15, 0.2) is 11.2 Å². The van der Waals surface area contributed by atoms with Crippen molar-refractivity contribution in [2.75, 3.05) is 4.90 Å². The largest absolute Gasteiger partial charge is 0.454 e. The number of benzene rings is 12. The molecule has 5 heteroatoms. The molecule has 0 aliphatic rings. The van der Waals surface area contributed by atoms with Gasteiger partial charge in [0.2, 0.25) is 0 Å². The molecule has 0 fully saturated rings. The average molecular weight is 984 g/mol. The molecular weight excluding hydrogens is 939 g/mol. The fourth-order valence-electron chi connectivity index (χ4n) is 12.2. The third-order valence-electron chi connectivity index (χ3n) is 15.7. The van der Waals surface area contributed by atoms with Gasteiger partial charge in [0.25, 0.3) is 0 Å². The van der Waals surface area contributed by atoms with E-state index in [0.717, 1.165) is 106 Å². The molecule has 16 aromatic rings. The molecule has 12 aromatic carbocycles. The van der Waals surface area contributed by atoms with Gasteiger partial charge >= 0.3 is 0 Å². The molecular formula is C72H45N3O2. The Balaban J connectivity index is 0.889. The minimum absolute atomic E-state index is 0.816. The molecule has 360 valence electrons. The number of hydrogen-bond donors (Lipinski definition) is 0. The van der Waals surface area contributed by atoms with Crippen LogP contribution in [0.1, 0.15) is 0 Å². The second kappa shape index (κ2) is 17.1. The lowest BCUT2D eigenvalue weighted by atomic mass is 9.92. The molecule has 0 bridgehead atoms. The third kappa shape index (κ3) is 6.81. The van der Waals surface area contributed by atoms with E-state index in [9.17, 15) is 0 Å². The summed E-state index contributed by atoms with van der Waals surface area (Å²) < 4.78 is 18.3. The summed E-state index contributed by atoms with van der Waals surface area (Å²) in [6, 6.07) is 98.3. The lowest BCUT2D eigenvalue weighted by molar-refractivity contribution is 0.666. The van der Waals surface area contributed by atoms with Crippen LogP contribution in [0.2, 0.25) is 0 Å². The van der Waals surface area contributed by atoms with Gasteiger partial charge in [-0.3, -0.25) is 0 Å². The van der Waals surface area contributed by atoms with Gasteiger partial charge in [-0.05, 0) is 149 Å². The molecule has 0 aliphatic carbocycles. The van der Waals surface area contributed by atoms with Crippen molar-refractivity contribution in [1.29, 1.82) is 0 Å².